The first-order chi connectivity index (χ1) is 14.6. The molecule has 1 aliphatic heterocycles. The molecule has 1 aliphatic rings. The van der Waals surface area contributed by atoms with E-state index < -0.39 is 0 Å². The Balaban J connectivity index is 1.46. The molecule has 6 nitrogen and oxygen atoms in total. The molecule has 0 unspecified atom stereocenters. The highest BCUT2D eigenvalue weighted by atomic mass is 15.1. The number of anilines is 5. The van der Waals surface area contributed by atoms with Crippen LogP contribution in [0.2, 0.25) is 0 Å². The highest BCUT2D eigenvalue weighted by Crippen LogP contribution is 2.26. The third kappa shape index (κ3) is 4.87. The van der Waals surface area contributed by atoms with Gasteiger partial charge in [0.05, 0.1) is 11.6 Å². The van der Waals surface area contributed by atoms with Crippen molar-refractivity contribution in [1.82, 2.24) is 9.97 Å². The molecule has 0 radical (unpaired) electrons. The van der Waals surface area contributed by atoms with Gasteiger partial charge in [-0.05, 0) is 68.1 Å². The van der Waals surface area contributed by atoms with Gasteiger partial charge in [0.15, 0.2) is 0 Å². The first kappa shape index (κ1) is 19.7. The molecule has 1 fully saturated rings. The zero-order valence-electron chi connectivity index (χ0n) is 17.4. The lowest BCUT2D eigenvalue weighted by Gasteiger charge is -2.32. The molecule has 30 heavy (non-hydrogen) atoms. The van der Waals surface area contributed by atoms with Crippen LogP contribution in [-0.2, 0) is 0 Å². The number of benzene rings is 2. The number of hydrogen-bond acceptors (Lipinski definition) is 6. The van der Waals surface area contributed by atoms with Gasteiger partial charge >= 0.3 is 0 Å². The molecule has 3 aromatic rings. The average Bonchev–Trinajstić information content (AvgIpc) is 2.75. The number of aromatic nitrogens is 2. The smallest absolute Gasteiger partial charge is 0.136 e. The summed E-state index contributed by atoms with van der Waals surface area (Å²) in [6.45, 7) is 6.45. The molecule has 2 N–H and O–H groups in total. The van der Waals surface area contributed by atoms with Crippen LogP contribution in [0.25, 0.3) is 0 Å². The number of piperidine rings is 1. The first-order valence-electron chi connectivity index (χ1n) is 10.3. The number of nitrogens with one attached hydrogen (secondary N) is 2. The molecular weight excluding hydrogens is 372 g/mol. The van der Waals surface area contributed by atoms with Crippen LogP contribution >= 0.6 is 0 Å². The fourth-order valence-corrected chi connectivity index (χ4v) is 3.68. The number of aryl methyl sites for hydroxylation is 1. The molecule has 2 heterocycles. The summed E-state index contributed by atoms with van der Waals surface area (Å²) in [4.78, 5) is 11.4. The van der Waals surface area contributed by atoms with Gasteiger partial charge in [0.25, 0.3) is 0 Å². The molecule has 6 heteroatoms. The largest absolute Gasteiger partial charge is 0.372 e. The summed E-state index contributed by atoms with van der Waals surface area (Å²) in [5, 5.41) is 15.7. The minimum atomic E-state index is 0.604. The molecule has 0 aliphatic carbocycles. The minimum Gasteiger partial charge on any atom is -0.372 e. The van der Waals surface area contributed by atoms with Crippen molar-refractivity contribution in [2.45, 2.75) is 26.7 Å². The van der Waals surface area contributed by atoms with Gasteiger partial charge < -0.3 is 15.5 Å². The summed E-state index contributed by atoms with van der Waals surface area (Å²) in [7, 11) is 0. The van der Waals surface area contributed by atoms with E-state index in [0.29, 0.717) is 17.2 Å². The average molecular weight is 399 g/mol. The molecule has 0 amide bonds. The fourth-order valence-electron chi connectivity index (χ4n) is 3.68. The van der Waals surface area contributed by atoms with Crippen molar-refractivity contribution in [1.29, 1.82) is 5.26 Å². The number of nitrogens with zero attached hydrogens (tertiary/aromatic N) is 4. The maximum absolute atomic E-state index is 9.08. The van der Waals surface area contributed by atoms with Crippen molar-refractivity contribution in [3.63, 3.8) is 0 Å². The van der Waals surface area contributed by atoms with E-state index in [1.165, 1.54) is 18.5 Å². The van der Waals surface area contributed by atoms with Crippen molar-refractivity contribution in [2.75, 3.05) is 28.6 Å². The molecular formula is C24H26N6. The van der Waals surface area contributed by atoms with E-state index in [0.717, 1.165) is 36.2 Å². The van der Waals surface area contributed by atoms with Gasteiger partial charge in [0.1, 0.15) is 17.5 Å². The Morgan fingerprint density at radius 3 is 2.27 bits per heavy atom. The SMILES string of the molecule is Cc1nc(Nc2ccc(N3CCC(C)CC3)cc2)cc(Nc2cccc(C#N)c2)n1. The lowest BCUT2D eigenvalue weighted by molar-refractivity contribution is 0.438. The second-order valence-electron chi connectivity index (χ2n) is 7.84. The zero-order chi connectivity index (χ0) is 20.9. The van der Waals surface area contributed by atoms with Crippen LogP contribution in [-0.4, -0.2) is 23.1 Å². The maximum Gasteiger partial charge on any atom is 0.136 e. The Morgan fingerprint density at radius 2 is 1.60 bits per heavy atom. The van der Waals surface area contributed by atoms with Crippen LogP contribution < -0.4 is 15.5 Å². The van der Waals surface area contributed by atoms with Gasteiger partial charge in [-0.15, -0.1) is 0 Å². The molecule has 0 saturated carbocycles. The van der Waals surface area contributed by atoms with Crippen molar-refractivity contribution in [2.24, 2.45) is 5.92 Å². The predicted molar refractivity (Wildman–Crippen MR) is 122 cm³/mol. The van der Waals surface area contributed by atoms with Crippen LogP contribution in [0.15, 0.2) is 54.6 Å². The van der Waals surface area contributed by atoms with E-state index in [9.17, 15) is 0 Å². The number of rotatable bonds is 5. The lowest BCUT2D eigenvalue weighted by Crippen LogP contribution is -2.32. The van der Waals surface area contributed by atoms with Gasteiger partial charge in [0.2, 0.25) is 0 Å². The lowest BCUT2D eigenvalue weighted by atomic mass is 9.99. The normalized spacial score (nSPS) is 14.2. The third-order valence-electron chi connectivity index (χ3n) is 5.39. The van der Waals surface area contributed by atoms with E-state index in [1.807, 2.05) is 25.1 Å². The van der Waals surface area contributed by atoms with Crippen LogP contribution in [0.1, 0.15) is 31.2 Å². The summed E-state index contributed by atoms with van der Waals surface area (Å²) < 4.78 is 0. The van der Waals surface area contributed by atoms with Crippen LogP contribution in [0.3, 0.4) is 0 Å². The van der Waals surface area contributed by atoms with E-state index >= 15 is 0 Å². The second-order valence-corrected chi connectivity index (χ2v) is 7.84. The summed E-state index contributed by atoms with van der Waals surface area (Å²) in [6, 6.07) is 19.9. The standard InChI is InChI=1S/C24H26N6/c1-17-10-12-30(13-11-17)22-8-6-20(7-9-22)28-23-15-24(27-18(2)26-23)29-21-5-3-4-19(14-21)16-25/h3-9,14-15,17H,10-13H2,1-2H3,(H2,26,27,28,29). The Morgan fingerprint density at radius 1 is 0.933 bits per heavy atom. The van der Waals surface area contributed by atoms with Gasteiger partial charge in [-0.1, -0.05) is 13.0 Å². The summed E-state index contributed by atoms with van der Waals surface area (Å²) in [5.41, 5.74) is 3.68. The quantitative estimate of drug-likeness (QED) is 0.601. The van der Waals surface area contributed by atoms with Gasteiger partial charge in [0, 0.05) is 36.2 Å². The second kappa shape index (κ2) is 8.83. The Hall–Kier alpha value is -3.59. The molecule has 0 atom stereocenters. The topological polar surface area (TPSA) is 76.9 Å². The Kier molecular flexibility index (Phi) is 5.80. The highest BCUT2D eigenvalue weighted by Gasteiger charge is 2.15. The highest BCUT2D eigenvalue weighted by molar-refractivity contribution is 5.65. The van der Waals surface area contributed by atoms with Crippen molar-refractivity contribution in [3.05, 3.63) is 66.0 Å². The van der Waals surface area contributed by atoms with Gasteiger partial charge in [-0.2, -0.15) is 5.26 Å². The summed E-state index contributed by atoms with van der Waals surface area (Å²) >= 11 is 0. The number of hydrogen-bond donors (Lipinski definition) is 2. The molecule has 1 saturated heterocycles. The maximum atomic E-state index is 9.08. The molecule has 152 valence electrons. The van der Waals surface area contributed by atoms with Crippen LogP contribution in [0.4, 0.5) is 28.7 Å². The van der Waals surface area contributed by atoms with Crippen LogP contribution in [0.5, 0.6) is 0 Å². The Bertz CT molecular complexity index is 1050. The monoisotopic (exact) mass is 398 g/mol. The van der Waals surface area contributed by atoms with E-state index in [4.69, 9.17) is 5.26 Å². The van der Waals surface area contributed by atoms with Crippen LogP contribution in [0, 0.1) is 24.2 Å². The summed E-state index contributed by atoms with van der Waals surface area (Å²) in [5.74, 6) is 2.89. The molecule has 4 rings (SSSR count). The predicted octanol–water partition coefficient (Wildman–Crippen LogP) is 5.38. The third-order valence-corrected chi connectivity index (χ3v) is 5.39. The minimum absolute atomic E-state index is 0.604. The van der Waals surface area contributed by atoms with Gasteiger partial charge in [-0.3, -0.25) is 0 Å². The molecule has 2 aromatic carbocycles. The molecule has 0 bridgehead atoms. The molecule has 0 spiro atoms. The molecule has 1 aromatic heterocycles. The van der Waals surface area contributed by atoms with Gasteiger partial charge in [-0.25, -0.2) is 9.97 Å². The zero-order valence-corrected chi connectivity index (χ0v) is 17.4. The Labute approximate surface area is 177 Å². The summed E-state index contributed by atoms with van der Waals surface area (Å²) in [6.07, 6.45) is 2.51. The van der Waals surface area contributed by atoms with Crippen molar-refractivity contribution >= 4 is 28.7 Å². The first-order valence-corrected chi connectivity index (χ1v) is 10.3. The fraction of sp³-hybridized carbons (Fsp3) is 0.292. The van der Waals surface area contributed by atoms with E-state index in [2.05, 4.69) is 62.8 Å². The number of nitriles is 1. The van der Waals surface area contributed by atoms with E-state index in [-0.39, 0.29) is 0 Å². The van der Waals surface area contributed by atoms with E-state index in [1.54, 1.807) is 12.1 Å². The van der Waals surface area contributed by atoms with Crippen molar-refractivity contribution in [3.8, 4) is 6.07 Å². The van der Waals surface area contributed by atoms with Crippen molar-refractivity contribution < 1.29 is 0 Å².